The molecule has 2 fully saturated rings. The van der Waals surface area contributed by atoms with Crippen molar-refractivity contribution in [3.63, 3.8) is 0 Å². The van der Waals surface area contributed by atoms with Crippen LogP contribution in [0.1, 0.15) is 25.7 Å². The number of morpholine rings is 1. The van der Waals surface area contributed by atoms with Crippen LogP contribution in [0.3, 0.4) is 0 Å². The second-order valence-corrected chi connectivity index (χ2v) is 6.65. The number of amides is 2. The molecule has 0 aromatic heterocycles. The first-order valence-corrected chi connectivity index (χ1v) is 8.94. The molecule has 0 saturated carbocycles. The molecule has 1 aromatic rings. The van der Waals surface area contributed by atoms with E-state index in [9.17, 15) is 9.59 Å². The van der Waals surface area contributed by atoms with Crippen molar-refractivity contribution in [2.75, 3.05) is 44.9 Å². The van der Waals surface area contributed by atoms with Gasteiger partial charge in [0.1, 0.15) is 0 Å². The first-order chi connectivity index (χ1) is 12.2. The molecule has 2 aliphatic rings. The zero-order valence-corrected chi connectivity index (χ0v) is 14.8. The van der Waals surface area contributed by atoms with Gasteiger partial charge in [0.25, 0.3) is 5.91 Å². The van der Waals surface area contributed by atoms with Crippen molar-refractivity contribution in [1.29, 1.82) is 0 Å². The van der Waals surface area contributed by atoms with Crippen LogP contribution in [0.4, 0.5) is 5.69 Å². The van der Waals surface area contributed by atoms with Crippen LogP contribution >= 0.6 is 0 Å². The Hall–Kier alpha value is -1.92. The van der Waals surface area contributed by atoms with Crippen LogP contribution in [0, 0.1) is 0 Å². The van der Waals surface area contributed by atoms with Gasteiger partial charge in [0.15, 0.2) is 5.60 Å². The summed E-state index contributed by atoms with van der Waals surface area (Å²) in [6.07, 6.45) is 2.84. The molecule has 6 heteroatoms. The van der Waals surface area contributed by atoms with Crippen LogP contribution in [0.15, 0.2) is 30.3 Å². The highest BCUT2D eigenvalue weighted by atomic mass is 16.5. The summed E-state index contributed by atoms with van der Waals surface area (Å²) in [6.45, 7) is 2.34. The fraction of sp³-hybridized carbons (Fsp3) is 0.579. The van der Waals surface area contributed by atoms with Gasteiger partial charge in [0, 0.05) is 25.9 Å². The monoisotopic (exact) mass is 346 g/mol. The first kappa shape index (κ1) is 17.9. The molecule has 136 valence electrons. The van der Waals surface area contributed by atoms with Crippen LogP contribution < -0.4 is 4.90 Å². The fourth-order valence-corrected chi connectivity index (χ4v) is 3.61. The number of benzene rings is 1. The number of carbonyl (C=O) groups excluding carboxylic acids is 2. The number of hydrogen-bond acceptors (Lipinski definition) is 4. The lowest BCUT2D eigenvalue weighted by Crippen LogP contribution is -2.61. The highest BCUT2D eigenvalue weighted by molar-refractivity contribution is 6.00. The Morgan fingerprint density at radius 2 is 2.04 bits per heavy atom. The average molecular weight is 346 g/mol. The average Bonchev–Trinajstić information content (AvgIpc) is 2.80. The Morgan fingerprint density at radius 3 is 2.80 bits per heavy atom. The zero-order chi connectivity index (χ0) is 17.7. The summed E-state index contributed by atoms with van der Waals surface area (Å²) < 4.78 is 11.0. The van der Waals surface area contributed by atoms with E-state index in [1.807, 2.05) is 35.2 Å². The summed E-state index contributed by atoms with van der Waals surface area (Å²) in [5.41, 5.74) is -0.0342. The molecule has 2 saturated heterocycles. The molecular weight excluding hydrogens is 320 g/mol. The van der Waals surface area contributed by atoms with Gasteiger partial charge in [0.05, 0.1) is 26.2 Å². The highest BCUT2D eigenvalue weighted by Gasteiger charge is 2.47. The third-order valence-electron chi connectivity index (χ3n) is 4.97. The molecule has 1 aromatic carbocycles. The standard InChI is InChI=1S/C19H26N2O4/c1-24-13-9-17(22)20-12-14-25-19(15-20)10-5-6-11-21(18(19)23)16-7-3-2-4-8-16/h2-4,7-8H,5-6,9-15H2,1H3. The normalized spacial score (nSPS) is 24.4. The summed E-state index contributed by atoms with van der Waals surface area (Å²) >= 11 is 0. The molecule has 1 spiro atoms. The van der Waals surface area contributed by atoms with E-state index in [1.165, 1.54) is 0 Å². The third kappa shape index (κ3) is 3.85. The Bertz CT molecular complexity index is 607. The molecule has 2 heterocycles. The molecule has 0 aliphatic carbocycles. The lowest BCUT2D eigenvalue weighted by atomic mass is 9.93. The predicted octanol–water partition coefficient (Wildman–Crippen LogP) is 1.84. The molecule has 0 bridgehead atoms. The third-order valence-corrected chi connectivity index (χ3v) is 4.97. The first-order valence-electron chi connectivity index (χ1n) is 8.94. The Morgan fingerprint density at radius 1 is 1.24 bits per heavy atom. The number of methoxy groups -OCH3 is 1. The van der Waals surface area contributed by atoms with E-state index in [2.05, 4.69) is 0 Å². The molecule has 3 rings (SSSR count). The Balaban J connectivity index is 1.80. The molecular formula is C19H26N2O4. The van der Waals surface area contributed by atoms with E-state index < -0.39 is 5.60 Å². The maximum absolute atomic E-state index is 13.3. The van der Waals surface area contributed by atoms with Gasteiger partial charge in [-0.05, 0) is 31.4 Å². The number of rotatable bonds is 4. The summed E-state index contributed by atoms with van der Waals surface area (Å²) in [7, 11) is 1.58. The van der Waals surface area contributed by atoms with Crippen LogP contribution in [-0.4, -0.2) is 62.3 Å². The number of ether oxygens (including phenoxy) is 2. The smallest absolute Gasteiger partial charge is 0.261 e. The van der Waals surface area contributed by atoms with Crippen molar-refractivity contribution in [2.45, 2.75) is 31.3 Å². The molecule has 2 aliphatic heterocycles. The number of anilines is 1. The van der Waals surface area contributed by atoms with E-state index in [-0.39, 0.29) is 11.8 Å². The Kier molecular flexibility index (Phi) is 5.71. The molecule has 2 amide bonds. The van der Waals surface area contributed by atoms with Gasteiger partial charge in [0.2, 0.25) is 5.91 Å². The number of hydrogen-bond donors (Lipinski definition) is 0. The van der Waals surface area contributed by atoms with E-state index in [4.69, 9.17) is 9.47 Å². The molecule has 6 nitrogen and oxygen atoms in total. The van der Waals surface area contributed by atoms with Crippen molar-refractivity contribution in [1.82, 2.24) is 4.90 Å². The number of para-hydroxylation sites is 1. The Labute approximate surface area is 148 Å². The van der Waals surface area contributed by atoms with E-state index in [0.717, 1.165) is 18.5 Å². The van der Waals surface area contributed by atoms with Crippen LogP contribution in [-0.2, 0) is 19.1 Å². The summed E-state index contributed by atoms with van der Waals surface area (Å²) in [6, 6.07) is 9.70. The van der Waals surface area contributed by atoms with Crippen LogP contribution in [0.25, 0.3) is 0 Å². The number of carbonyl (C=O) groups is 2. The SMILES string of the molecule is COCCC(=O)N1CCOC2(CCCCN(c3ccccc3)C2=O)C1. The second-order valence-electron chi connectivity index (χ2n) is 6.65. The van der Waals surface area contributed by atoms with Crippen molar-refractivity contribution in [2.24, 2.45) is 0 Å². The van der Waals surface area contributed by atoms with Crippen molar-refractivity contribution in [3.05, 3.63) is 30.3 Å². The maximum atomic E-state index is 13.3. The topological polar surface area (TPSA) is 59.1 Å². The van der Waals surface area contributed by atoms with E-state index in [0.29, 0.717) is 45.7 Å². The van der Waals surface area contributed by atoms with Gasteiger partial charge >= 0.3 is 0 Å². The predicted molar refractivity (Wildman–Crippen MR) is 94.4 cm³/mol. The minimum Gasteiger partial charge on any atom is -0.384 e. The maximum Gasteiger partial charge on any atom is 0.261 e. The molecule has 25 heavy (non-hydrogen) atoms. The summed E-state index contributed by atoms with van der Waals surface area (Å²) in [5, 5.41) is 0. The summed E-state index contributed by atoms with van der Waals surface area (Å²) in [5.74, 6) is -0.00623. The zero-order valence-electron chi connectivity index (χ0n) is 14.8. The van der Waals surface area contributed by atoms with Gasteiger partial charge in [-0.15, -0.1) is 0 Å². The van der Waals surface area contributed by atoms with Gasteiger partial charge < -0.3 is 19.3 Å². The van der Waals surface area contributed by atoms with Gasteiger partial charge in [-0.2, -0.15) is 0 Å². The molecule has 0 N–H and O–H groups in total. The van der Waals surface area contributed by atoms with Crippen molar-refractivity contribution >= 4 is 17.5 Å². The molecule has 0 radical (unpaired) electrons. The van der Waals surface area contributed by atoms with Crippen molar-refractivity contribution < 1.29 is 19.1 Å². The van der Waals surface area contributed by atoms with Crippen LogP contribution in [0.5, 0.6) is 0 Å². The quantitative estimate of drug-likeness (QED) is 0.835. The molecule has 1 atom stereocenters. The minimum atomic E-state index is -0.923. The van der Waals surface area contributed by atoms with E-state index >= 15 is 0 Å². The van der Waals surface area contributed by atoms with E-state index in [1.54, 1.807) is 12.0 Å². The van der Waals surface area contributed by atoms with Crippen LogP contribution in [0.2, 0.25) is 0 Å². The second kappa shape index (κ2) is 7.97. The largest absolute Gasteiger partial charge is 0.384 e. The fourth-order valence-electron chi connectivity index (χ4n) is 3.61. The number of nitrogens with zero attached hydrogens (tertiary/aromatic N) is 2. The highest BCUT2D eigenvalue weighted by Crippen LogP contribution is 2.32. The van der Waals surface area contributed by atoms with Gasteiger partial charge in [-0.3, -0.25) is 9.59 Å². The van der Waals surface area contributed by atoms with Crippen molar-refractivity contribution in [3.8, 4) is 0 Å². The lowest BCUT2D eigenvalue weighted by Gasteiger charge is -2.42. The van der Waals surface area contributed by atoms with Gasteiger partial charge in [-0.25, -0.2) is 0 Å². The summed E-state index contributed by atoms with van der Waals surface area (Å²) in [4.78, 5) is 29.3. The minimum absolute atomic E-state index is 0.0211. The van der Waals surface area contributed by atoms with Gasteiger partial charge in [-0.1, -0.05) is 18.2 Å². The molecule has 1 unspecified atom stereocenters. The lowest BCUT2D eigenvalue weighted by molar-refractivity contribution is -0.165.